The fourth-order valence-electron chi connectivity index (χ4n) is 4.29. The summed E-state index contributed by atoms with van der Waals surface area (Å²) in [5.41, 5.74) is 0.211. The van der Waals surface area contributed by atoms with Gasteiger partial charge < -0.3 is 23.7 Å². The number of ether oxygens (including phenoxy) is 5. The van der Waals surface area contributed by atoms with Crippen LogP contribution >= 0.6 is 15.9 Å². The van der Waals surface area contributed by atoms with Crippen molar-refractivity contribution in [1.29, 1.82) is 0 Å². The summed E-state index contributed by atoms with van der Waals surface area (Å²) in [4.78, 5) is 26.4. The Kier molecular flexibility index (Phi) is 14.7. The van der Waals surface area contributed by atoms with Gasteiger partial charge in [-0.3, -0.25) is 9.59 Å². The third-order valence-corrected chi connectivity index (χ3v) is 6.75. The highest BCUT2D eigenvalue weighted by molar-refractivity contribution is 9.10. The van der Waals surface area contributed by atoms with Gasteiger partial charge in [-0.05, 0) is 71.1 Å². The van der Waals surface area contributed by atoms with Crippen molar-refractivity contribution in [2.75, 3.05) is 21.3 Å². The largest absolute Gasteiger partial charge is 0.493 e. The van der Waals surface area contributed by atoms with Crippen LogP contribution in [-0.2, 0) is 30.2 Å². The Morgan fingerprint density at radius 1 is 1.00 bits per heavy atom. The Morgan fingerprint density at radius 2 is 1.63 bits per heavy atom. The quantitative estimate of drug-likeness (QED) is 0.190. The summed E-state index contributed by atoms with van der Waals surface area (Å²) in [5, 5.41) is 0. The number of allylic oxidation sites excluding steroid dienone is 3. The molecule has 1 aliphatic rings. The monoisotopic (exact) mass is 596 g/mol. The van der Waals surface area contributed by atoms with E-state index in [0.29, 0.717) is 28.0 Å². The van der Waals surface area contributed by atoms with Crippen LogP contribution in [0.1, 0.15) is 72.8 Å². The van der Waals surface area contributed by atoms with Crippen LogP contribution in [0.4, 0.5) is 0 Å². The zero-order valence-electron chi connectivity index (χ0n) is 24.4. The van der Waals surface area contributed by atoms with Crippen LogP contribution in [0, 0.1) is 5.41 Å². The van der Waals surface area contributed by atoms with E-state index in [1.165, 1.54) is 14.2 Å². The number of carbonyl (C=O) groups is 2. The van der Waals surface area contributed by atoms with Crippen molar-refractivity contribution < 1.29 is 33.3 Å². The van der Waals surface area contributed by atoms with E-state index in [4.69, 9.17) is 23.7 Å². The van der Waals surface area contributed by atoms with Crippen LogP contribution < -0.4 is 9.47 Å². The van der Waals surface area contributed by atoms with Gasteiger partial charge in [-0.2, -0.15) is 0 Å². The normalized spacial score (nSPS) is 15.3. The molecule has 1 atom stereocenters. The van der Waals surface area contributed by atoms with Gasteiger partial charge in [0.05, 0.1) is 39.6 Å². The van der Waals surface area contributed by atoms with Crippen molar-refractivity contribution in [2.24, 2.45) is 5.41 Å². The van der Waals surface area contributed by atoms with Crippen LogP contribution in [-0.4, -0.2) is 51.6 Å². The van der Waals surface area contributed by atoms with E-state index in [2.05, 4.69) is 22.0 Å². The van der Waals surface area contributed by atoms with Gasteiger partial charge in [0.2, 0.25) is 0 Å². The molecule has 0 aliphatic heterocycles. The van der Waals surface area contributed by atoms with E-state index in [-0.39, 0.29) is 31.2 Å². The molecule has 8 heteroatoms. The van der Waals surface area contributed by atoms with E-state index in [1.54, 1.807) is 19.2 Å². The molecule has 0 radical (unpaired) electrons. The first kappa shape index (κ1) is 33.7. The summed E-state index contributed by atoms with van der Waals surface area (Å²) < 4.78 is 28.3. The third-order valence-electron chi connectivity index (χ3n) is 6.01. The van der Waals surface area contributed by atoms with Crippen LogP contribution in [0.5, 0.6) is 11.5 Å². The molecule has 0 bridgehead atoms. The standard InChI is InChI=1S/C28H39BrO7.C2H6/c1-18(2)35-22-10-8-9-20(11-12-22)13-14-28(26(30)33-6,27(31)34-7)17-21-15-25(36-19(3)4)24(32-5)16-23(21)29;1-2/h9,11-12,15-16,18-19,22H,8,10,13-14,17H2,1-7H3;1-2H3. The maximum atomic E-state index is 13.2. The first-order valence-corrected chi connectivity index (χ1v) is 14.1. The van der Waals surface area contributed by atoms with Gasteiger partial charge in [0.1, 0.15) is 0 Å². The fraction of sp³-hybridized carbons (Fsp3) is 0.600. The number of rotatable bonds is 12. The van der Waals surface area contributed by atoms with Crippen molar-refractivity contribution >= 4 is 27.9 Å². The number of hydrogen-bond acceptors (Lipinski definition) is 7. The molecule has 0 saturated heterocycles. The minimum absolute atomic E-state index is 0.0411. The molecule has 2 rings (SSSR count). The van der Waals surface area contributed by atoms with Crippen LogP contribution in [0.15, 0.2) is 40.4 Å². The van der Waals surface area contributed by atoms with Gasteiger partial charge in [0.15, 0.2) is 16.9 Å². The highest BCUT2D eigenvalue weighted by Gasteiger charge is 2.48. The molecule has 1 aromatic carbocycles. The van der Waals surface area contributed by atoms with Crippen molar-refractivity contribution in [1.82, 2.24) is 0 Å². The third kappa shape index (κ3) is 9.45. The van der Waals surface area contributed by atoms with Crippen molar-refractivity contribution in [3.8, 4) is 11.5 Å². The molecule has 1 aromatic rings. The van der Waals surface area contributed by atoms with Crippen molar-refractivity contribution in [2.45, 2.75) is 92.0 Å². The summed E-state index contributed by atoms with van der Waals surface area (Å²) in [5.74, 6) is -0.196. The number of carbonyl (C=O) groups excluding carboxylic acids is 2. The Morgan fingerprint density at radius 3 is 2.16 bits per heavy atom. The van der Waals surface area contributed by atoms with Crippen LogP contribution in [0.2, 0.25) is 0 Å². The van der Waals surface area contributed by atoms with E-state index < -0.39 is 17.4 Å². The molecule has 0 fully saturated rings. The van der Waals surface area contributed by atoms with Crippen LogP contribution in [0.25, 0.3) is 0 Å². The van der Waals surface area contributed by atoms with Crippen molar-refractivity contribution in [3.05, 3.63) is 46.0 Å². The number of hydrogen-bond donors (Lipinski definition) is 0. The first-order chi connectivity index (χ1) is 18.1. The Bertz CT molecular complexity index is 950. The van der Waals surface area contributed by atoms with Gasteiger partial charge in [0.25, 0.3) is 0 Å². The highest BCUT2D eigenvalue weighted by atomic mass is 79.9. The van der Waals surface area contributed by atoms with E-state index in [0.717, 1.165) is 18.4 Å². The lowest BCUT2D eigenvalue weighted by atomic mass is 9.76. The molecule has 0 aromatic heterocycles. The zero-order chi connectivity index (χ0) is 28.9. The minimum atomic E-state index is -1.54. The molecular weight excluding hydrogens is 552 g/mol. The lowest BCUT2D eigenvalue weighted by Gasteiger charge is -2.29. The number of halogens is 1. The second-order valence-electron chi connectivity index (χ2n) is 9.44. The second-order valence-corrected chi connectivity index (χ2v) is 10.3. The molecule has 214 valence electrons. The van der Waals surface area contributed by atoms with E-state index >= 15 is 0 Å². The first-order valence-electron chi connectivity index (χ1n) is 13.3. The lowest BCUT2D eigenvalue weighted by Crippen LogP contribution is -2.43. The van der Waals surface area contributed by atoms with Gasteiger partial charge in [-0.25, -0.2) is 0 Å². The van der Waals surface area contributed by atoms with E-state index in [1.807, 2.05) is 53.7 Å². The average Bonchev–Trinajstić information content (AvgIpc) is 3.12. The maximum Gasteiger partial charge on any atom is 0.323 e. The number of esters is 2. The SMILES string of the molecule is CC.COC(=O)C(CCC1=CCCC(OC(C)C)C=C1)(Cc1cc(OC(C)C)c(OC)cc1Br)C(=O)OC. The molecule has 0 amide bonds. The second kappa shape index (κ2) is 16.6. The van der Waals surface area contributed by atoms with Gasteiger partial charge >= 0.3 is 11.9 Å². The lowest BCUT2D eigenvalue weighted by molar-refractivity contribution is -0.169. The molecule has 1 aliphatic carbocycles. The summed E-state index contributed by atoms with van der Waals surface area (Å²) in [7, 11) is 4.14. The Hall–Kier alpha value is -2.32. The Labute approximate surface area is 237 Å². The van der Waals surface area contributed by atoms with Crippen LogP contribution in [0.3, 0.4) is 0 Å². The number of benzene rings is 1. The predicted octanol–water partition coefficient (Wildman–Crippen LogP) is 7.00. The molecule has 38 heavy (non-hydrogen) atoms. The van der Waals surface area contributed by atoms with Gasteiger partial charge in [0, 0.05) is 10.9 Å². The smallest absolute Gasteiger partial charge is 0.323 e. The molecule has 0 spiro atoms. The van der Waals surface area contributed by atoms with Crippen molar-refractivity contribution in [3.63, 3.8) is 0 Å². The summed E-state index contributed by atoms with van der Waals surface area (Å²) in [6.07, 6.45) is 8.83. The summed E-state index contributed by atoms with van der Waals surface area (Å²) in [6.45, 7) is 11.9. The maximum absolute atomic E-state index is 13.2. The highest BCUT2D eigenvalue weighted by Crippen LogP contribution is 2.40. The summed E-state index contributed by atoms with van der Waals surface area (Å²) >= 11 is 3.57. The molecule has 0 N–H and O–H groups in total. The predicted molar refractivity (Wildman–Crippen MR) is 154 cm³/mol. The summed E-state index contributed by atoms with van der Waals surface area (Å²) in [6, 6.07) is 3.57. The molecule has 0 heterocycles. The number of methoxy groups -OCH3 is 3. The minimum Gasteiger partial charge on any atom is -0.493 e. The molecular formula is C30H45BrO7. The average molecular weight is 598 g/mol. The molecule has 0 saturated carbocycles. The van der Waals surface area contributed by atoms with Gasteiger partial charge in [-0.1, -0.05) is 53.6 Å². The topological polar surface area (TPSA) is 80.3 Å². The van der Waals surface area contributed by atoms with E-state index in [9.17, 15) is 9.59 Å². The molecule has 1 unspecified atom stereocenters. The molecule has 7 nitrogen and oxygen atoms in total. The van der Waals surface area contributed by atoms with Gasteiger partial charge in [-0.15, -0.1) is 0 Å². The Balaban J connectivity index is 0.00000352. The fourth-order valence-corrected chi connectivity index (χ4v) is 4.75. The zero-order valence-corrected chi connectivity index (χ0v) is 26.0.